The Balaban J connectivity index is 1.78. The smallest absolute Gasteiger partial charge is 0.100 e. The monoisotopic (exact) mass is 280 g/mol. The summed E-state index contributed by atoms with van der Waals surface area (Å²) in [4.78, 5) is 0. The van der Waals surface area contributed by atoms with Crippen molar-refractivity contribution in [3.05, 3.63) is 11.6 Å². The maximum Gasteiger partial charge on any atom is 0.100 e. The van der Waals surface area contributed by atoms with Gasteiger partial charge in [0.1, 0.15) is 5.60 Å². The summed E-state index contributed by atoms with van der Waals surface area (Å²) in [6.07, 6.45) is 6.23. The minimum Gasteiger partial charge on any atom is -0.381 e. The Labute approximate surface area is 122 Å². The lowest BCUT2D eigenvalue weighted by atomic mass is 9.66. The molecule has 0 aromatic rings. The molecule has 3 rings (SSSR count). The summed E-state index contributed by atoms with van der Waals surface area (Å²) in [6.45, 7) is 9.73. The van der Waals surface area contributed by atoms with Crippen LogP contribution >= 0.6 is 0 Å². The molecule has 0 aromatic carbocycles. The van der Waals surface area contributed by atoms with Crippen molar-refractivity contribution in [1.29, 1.82) is 0 Å². The average Bonchev–Trinajstić information content (AvgIpc) is 3.29. The normalized spacial score (nSPS) is 50.0. The highest BCUT2D eigenvalue weighted by atomic mass is 16.6. The summed E-state index contributed by atoms with van der Waals surface area (Å²) >= 11 is 0. The molecule has 1 unspecified atom stereocenters. The minimum absolute atomic E-state index is 0.0433. The summed E-state index contributed by atoms with van der Waals surface area (Å²) in [5.41, 5.74) is 1.33. The van der Waals surface area contributed by atoms with E-state index >= 15 is 0 Å². The van der Waals surface area contributed by atoms with E-state index in [0.29, 0.717) is 17.9 Å². The van der Waals surface area contributed by atoms with E-state index in [1.165, 1.54) is 12.0 Å². The molecular formula is C17H28O3. The zero-order valence-electron chi connectivity index (χ0n) is 13.4. The van der Waals surface area contributed by atoms with Gasteiger partial charge in [-0.3, -0.25) is 0 Å². The summed E-state index contributed by atoms with van der Waals surface area (Å²) in [6, 6.07) is 0. The molecule has 114 valence electrons. The SMILES string of the molecule is CO[C@@H]1[C@H](C)CC[C@]2(CO2)[C@H]1C1(C)O[C@@H]1CC=C(C)C. The fraction of sp³-hybridized carbons (Fsp3) is 0.882. The van der Waals surface area contributed by atoms with Crippen molar-refractivity contribution >= 4 is 0 Å². The first-order valence-corrected chi connectivity index (χ1v) is 7.91. The van der Waals surface area contributed by atoms with E-state index in [1.54, 1.807) is 0 Å². The van der Waals surface area contributed by atoms with Gasteiger partial charge < -0.3 is 14.2 Å². The van der Waals surface area contributed by atoms with Crippen LogP contribution in [-0.2, 0) is 14.2 Å². The van der Waals surface area contributed by atoms with Crippen LogP contribution in [0.25, 0.3) is 0 Å². The van der Waals surface area contributed by atoms with Crippen LogP contribution in [0, 0.1) is 11.8 Å². The predicted molar refractivity (Wildman–Crippen MR) is 78.7 cm³/mol. The van der Waals surface area contributed by atoms with Crippen molar-refractivity contribution in [1.82, 2.24) is 0 Å². The van der Waals surface area contributed by atoms with Crippen LogP contribution < -0.4 is 0 Å². The zero-order valence-corrected chi connectivity index (χ0v) is 13.4. The topological polar surface area (TPSA) is 34.3 Å². The minimum atomic E-state index is -0.0716. The van der Waals surface area contributed by atoms with E-state index < -0.39 is 0 Å². The Morgan fingerprint density at radius 1 is 1.40 bits per heavy atom. The van der Waals surface area contributed by atoms with Crippen molar-refractivity contribution in [2.24, 2.45) is 11.8 Å². The van der Waals surface area contributed by atoms with Crippen molar-refractivity contribution in [3.63, 3.8) is 0 Å². The summed E-state index contributed by atoms with van der Waals surface area (Å²) in [5.74, 6) is 0.962. The highest BCUT2D eigenvalue weighted by Crippen LogP contribution is 2.60. The van der Waals surface area contributed by atoms with Gasteiger partial charge in [-0.25, -0.2) is 0 Å². The Morgan fingerprint density at radius 2 is 2.10 bits per heavy atom. The van der Waals surface area contributed by atoms with Crippen LogP contribution in [0.4, 0.5) is 0 Å². The molecule has 3 heteroatoms. The van der Waals surface area contributed by atoms with E-state index in [9.17, 15) is 0 Å². The fourth-order valence-electron chi connectivity index (χ4n) is 4.22. The number of rotatable bonds is 4. The molecule has 0 bridgehead atoms. The highest BCUT2D eigenvalue weighted by molar-refractivity contribution is 5.20. The van der Waals surface area contributed by atoms with Gasteiger partial charge in [0.05, 0.1) is 24.4 Å². The van der Waals surface area contributed by atoms with Crippen LogP contribution in [0.2, 0.25) is 0 Å². The maximum atomic E-state index is 6.15. The summed E-state index contributed by atoms with van der Waals surface area (Å²) in [5, 5.41) is 0. The summed E-state index contributed by atoms with van der Waals surface area (Å²) < 4.78 is 17.9. The standard InChI is InChI=1S/C17H28O3/c1-11(2)6-7-13-16(4,20-13)15-14(18-5)12(3)8-9-17(15)10-19-17/h6,12-15H,7-10H2,1-5H3/t12-,13-,14-,15-,16?,17+/m1/s1. The molecule has 2 heterocycles. The highest BCUT2D eigenvalue weighted by Gasteiger charge is 2.71. The first kappa shape index (κ1) is 14.6. The number of hydrogen-bond donors (Lipinski definition) is 0. The lowest BCUT2D eigenvalue weighted by Gasteiger charge is -2.42. The Bertz CT molecular complexity index is 408. The Morgan fingerprint density at radius 3 is 2.65 bits per heavy atom. The zero-order chi connectivity index (χ0) is 14.5. The fourth-order valence-corrected chi connectivity index (χ4v) is 4.22. The molecule has 1 aliphatic carbocycles. The quantitative estimate of drug-likeness (QED) is 0.585. The molecule has 3 fully saturated rings. The number of ether oxygens (including phenoxy) is 3. The van der Waals surface area contributed by atoms with Crippen molar-refractivity contribution in [3.8, 4) is 0 Å². The molecular weight excluding hydrogens is 252 g/mol. The molecule has 2 aliphatic heterocycles. The lowest BCUT2D eigenvalue weighted by Crippen LogP contribution is -2.51. The van der Waals surface area contributed by atoms with Gasteiger partial charge in [-0.1, -0.05) is 18.6 Å². The molecule has 3 nitrogen and oxygen atoms in total. The number of epoxide rings is 2. The maximum absolute atomic E-state index is 6.15. The van der Waals surface area contributed by atoms with E-state index in [1.807, 2.05) is 7.11 Å². The van der Waals surface area contributed by atoms with Gasteiger partial charge >= 0.3 is 0 Å². The van der Waals surface area contributed by atoms with Crippen LogP contribution in [0.5, 0.6) is 0 Å². The number of hydrogen-bond acceptors (Lipinski definition) is 3. The van der Waals surface area contributed by atoms with Crippen molar-refractivity contribution in [2.45, 2.75) is 70.4 Å². The lowest BCUT2D eigenvalue weighted by molar-refractivity contribution is -0.0776. The third-order valence-electron chi connectivity index (χ3n) is 5.60. The summed E-state index contributed by atoms with van der Waals surface area (Å²) in [7, 11) is 1.84. The molecule has 1 spiro atoms. The second-order valence-corrected chi connectivity index (χ2v) is 7.35. The molecule has 1 saturated carbocycles. The van der Waals surface area contributed by atoms with Crippen molar-refractivity contribution in [2.75, 3.05) is 13.7 Å². The molecule has 0 aromatic heterocycles. The largest absolute Gasteiger partial charge is 0.381 e. The first-order chi connectivity index (χ1) is 9.43. The van der Waals surface area contributed by atoms with Gasteiger partial charge in [-0.05, 0) is 46.0 Å². The molecule has 0 N–H and O–H groups in total. The van der Waals surface area contributed by atoms with Gasteiger partial charge in [0, 0.05) is 13.0 Å². The molecule has 3 aliphatic rings. The van der Waals surface area contributed by atoms with Crippen LogP contribution in [-0.4, -0.2) is 37.1 Å². The van der Waals surface area contributed by atoms with Gasteiger partial charge in [0.25, 0.3) is 0 Å². The Hall–Kier alpha value is -0.380. The van der Waals surface area contributed by atoms with E-state index in [-0.39, 0.29) is 17.3 Å². The van der Waals surface area contributed by atoms with Gasteiger partial charge in [0.15, 0.2) is 0 Å². The second kappa shape index (κ2) is 4.82. The van der Waals surface area contributed by atoms with E-state index in [2.05, 4.69) is 33.8 Å². The molecule has 20 heavy (non-hydrogen) atoms. The third kappa shape index (κ3) is 2.24. The van der Waals surface area contributed by atoms with Gasteiger partial charge in [-0.15, -0.1) is 0 Å². The third-order valence-corrected chi connectivity index (χ3v) is 5.60. The van der Waals surface area contributed by atoms with E-state index in [0.717, 1.165) is 19.4 Å². The van der Waals surface area contributed by atoms with Crippen LogP contribution in [0.1, 0.15) is 47.0 Å². The average molecular weight is 280 g/mol. The van der Waals surface area contributed by atoms with E-state index in [4.69, 9.17) is 14.2 Å². The van der Waals surface area contributed by atoms with Crippen molar-refractivity contribution < 1.29 is 14.2 Å². The van der Waals surface area contributed by atoms with Gasteiger partial charge in [0.2, 0.25) is 0 Å². The first-order valence-electron chi connectivity index (χ1n) is 7.91. The number of allylic oxidation sites excluding steroid dienone is 1. The Kier molecular flexibility index (Phi) is 3.51. The van der Waals surface area contributed by atoms with Crippen LogP contribution in [0.15, 0.2) is 11.6 Å². The molecule has 2 saturated heterocycles. The molecule has 0 radical (unpaired) electrons. The predicted octanol–water partition coefficient (Wildman–Crippen LogP) is 3.33. The molecule has 6 atom stereocenters. The molecule has 0 amide bonds. The van der Waals surface area contributed by atoms with Crippen LogP contribution in [0.3, 0.4) is 0 Å². The van der Waals surface area contributed by atoms with Gasteiger partial charge in [-0.2, -0.15) is 0 Å². The second-order valence-electron chi connectivity index (χ2n) is 7.35. The number of methoxy groups -OCH3 is 1.